The quantitative estimate of drug-likeness (QED) is 0.882. The number of rotatable bonds is 3. The molecule has 1 atom stereocenters. The van der Waals surface area contributed by atoms with Crippen LogP contribution >= 0.6 is 0 Å². The molecule has 1 aromatic carbocycles. The minimum atomic E-state index is -0.453. The third-order valence-corrected chi connectivity index (χ3v) is 3.08. The number of benzene rings is 1. The predicted molar refractivity (Wildman–Crippen MR) is 69.5 cm³/mol. The molecule has 17 heavy (non-hydrogen) atoms. The van der Waals surface area contributed by atoms with Gasteiger partial charge in [0, 0.05) is 29.3 Å². The second kappa shape index (κ2) is 4.41. The SMILES string of the molecule is COc1ccc2c(C(C)O)cn(C(C)C)c2c1. The van der Waals surface area contributed by atoms with Crippen LogP contribution in [0.15, 0.2) is 24.4 Å². The van der Waals surface area contributed by atoms with E-state index in [0.717, 1.165) is 22.2 Å². The molecule has 3 heteroatoms. The Balaban J connectivity index is 2.72. The van der Waals surface area contributed by atoms with E-state index in [1.807, 2.05) is 24.4 Å². The highest BCUT2D eigenvalue weighted by atomic mass is 16.5. The molecule has 0 aliphatic rings. The van der Waals surface area contributed by atoms with E-state index in [4.69, 9.17) is 4.74 Å². The third-order valence-electron chi connectivity index (χ3n) is 3.08. The average molecular weight is 233 g/mol. The van der Waals surface area contributed by atoms with Crippen molar-refractivity contribution in [2.24, 2.45) is 0 Å². The summed E-state index contributed by atoms with van der Waals surface area (Å²) in [5.74, 6) is 0.842. The summed E-state index contributed by atoms with van der Waals surface area (Å²) in [6.45, 7) is 6.05. The summed E-state index contributed by atoms with van der Waals surface area (Å²) in [6, 6.07) is 6.31. The number of ether oxygens (including phenoxy) is 1. The van der Waals surface area contributed by atoms with Crippen molar-refractivity contribution in [3.05, 3.63) is 30.0 Å². The zero-order valence-corrected chi connectivity index (χ0v) is 10.8. The van der Waals surface area contributed by atoms with E-state index in [0.29, 0.717) is 6.04 Å². The van der Waals surface area contributed by atoms with Gasteiger partial charge in [-0.15, -0.1) is 0 Å². The number of hydrogen-bond acceptors (Lipinski definition) is 2. The number of hydrogen-bond donors (Lipinski definition) is 1. The highest BCUT2D eigenvalue weighted by Crippen LogP contribution is 2.31. The summed E-state index contributed by atoms with van der Waals surface area (Å²) < 4.78 is 7.42. The van der Waals surface area contributed by atoms with E-state index in [1.165, 1.54) is 0 Å². The number of aliphatic hydroxyl groups is 1. The number of nitrogens with zero attached hydrogens (tertiary/aromatic N) is 1. The summed E-state index contributed by atoms with van der Waals surface area (Å²) in [6.07, 6.45) is 1.57. The Bertz CT molecular complexity index is 526. The van der Waals surface area contributed by atoms with Crippen molar-refractivity contribution in [1.82, 2.24) is 4.57 Å². The third kappa shape index (κ3) is 2.03. The summed E-state index contributed by atoms with van der Waals surface area (Å²) in [5.41, 5.74) is 2.08. The Morgan fingerprint density at radius 2 is 1.94 bits per heavy atom. The van der Waals surface area contributed by atoms with Crippen LogP contribution in [0.1, 0.15) is 38.5 Å². The standard InChI is InChI=1S/C14H19NO2/c1-9(2)15-8-13(10(3)16)12-6-5-11(17-4)7-14(12)15/h5-10,16H,1-4H3. The number of fused-ring (bicyclic) bond motifs is 1. The van der Waals surface area contributed by atoms with E-state index in [9.17, 15) is 5.11 Å². The molecule has 3 nitrogen and oxygen atoms in total. The van der Waals surface area contributed by atoms with Gasteiger partial charge in [-0.1, -0.05) is 0 Å². The van der Waals surface area contributed by atoms with Gasteiger partial charge in [-0.05, 0) is 32.9 Å². The summed E-state index contributed by atoms with van der Waals surface area (Å²) in [5, 5.41) is 10.9. The van der Waals surface area contributed by atoms with Gasteiger partial charge >= 0.3 is 0 Å². The van der Waals surface area contributed by atoms with Crippen molar-refractivity contribution >= 4 is 10.9 Å². The van der Waals surface area contributed by atoms with Gasteiger partial charge in [0.1, 0.15) is 5.75 Å². The van der Waals surface area contributed by atoms with Crippen LogP contribution in [-0.2, 0) is 0 Å². The first-order valence-corrected chi connectivity index (χ1v) is 5.91. The first-order valence-electron chi connectivity index (χ1n) is 5.91. The van der Waals surface area contributed by atoms with Crippen molar-refractivity contribution < 1.29 is 9.84 Å². The van der Waals surface area contributed by atoms with E-state index >= 15 is 0 Å². The topological polar surface area (TPSA) is 34.4 Å². The van der Waals surface area contributed by atoms with Crippen molar-refractivity contribution in [1.29, 1.82) is 0 Å². The van der Waals surface area contributed by atoms with Gasteiger partial charge in [-0.25, -0.2) is 0 Å². The molecule has 2 aromatic rings. The first-order chi connectivity index (χ1) is 8.04. The van der Waals surface area contributed by atoms with Crippen molar-refractivity contribution in [3.8, 4) is 5.75 Å². The van der Waals surface area contributed by atoms with Gasteiger partial charge in [-0.2, -0.15) is 0 Å². The Hall–Kier alpha value is -1.48. The molecular weight excluding hydrogens is 214 g/mol. The van der Waals surface area contributed by atoms with Crippen LogP contribution in [0.3, 0.4) is 0 Å². The highest BCUT2D eigenvalue weighted by molar-refractivity contribution is 5.85. The van der Waals surface area contributed by atoms with Gasteiger partial charge in [-0.3, -0.25) is 0 Å². The van der Waals surface area contributed by atoms with Gasteiger partial charge in [0.15, 0.2) is 0 Å². The lowest BCUT2D eigenvalue weighted by Crippen LogP contribution is -1.98. The van der Waals surface area contributed by atoms with Crippen LogP contribution in [0.2, 0.25) is 0 Å². The van der Waals surface area contributed by atoms with Crippen LogP contribution in [-0.4, -0.2) is 16.8 Å². The second-order valence-electron chi connectivity index (χ2n) is 4.64. The van der Waals surface area contributed by atoms with Crippen LogP contribution in [0.25, 0.3) is 10.9 Å². The predicted octanol–water partition coefficient (Wildman–Crippen LogP) is 3.28. The molecule has 1 heterocycles. The molecule has 0 aliphatic heterocycles. The van der Waals surface area contributed by atoms with Crippen LogP contribution in [0.4, 0.5) is 0 Å². The van der Waals surface area contributed by atoms with E-state index in [1.54, 1.807) is 14.0 Å². The first kappa shape index (κ1) is 12.0. The zero-order chi connectivity index (χ0) is 12.6. The van der Waals surface area contributed by atoms with E-state index in [2.05, 4.69) is 18.4 Å². The lowest BCUT2D eigenvalue weighted by molar-refractivity contribution is 0.200. The fourth-order valence-electron chi connectivity index (χ4n) is 2.15. The summed E-state index contributed by atoms with van der Waals surface area (Å²) in [7, 11) is 1.67. The largest absolute Gasteiger partial charge is 0.497 e. The fourth-order valence-corrected chi connectivity index (χ4v) is 2.15. The van der Waals surface area contributed by atoms with Crippen LogP contribution in [0, 0.1) is 0 Å². The Morgan fingerprint density at radius 3 is 2.47 bits per heavy atom. The lowest BCUT2D eigenvalue weighted by Gasteiger charge is -2.09. The summed E-state index contributed by atoms with van der Waals surface area (Å²) >= 11 is 0. The smallest absolute Gasteiger partial charge is 0.120 e. The normalized spacial score (nSPS) is 13.3. The van der Waals surface area contributed by atoms with Gasteiger partial charge < -0.3 is 14.4 Å². The highest BCUT2D eigenvalue weighted by Gasteiger charge is 2.14. The molecule has 0 aliphatic carbocycles. The molecule has 0 saturated heterocycles. The average Bonchev–Trinajstić information content (AvgIpc) is 2.67. The lowest BCUT2D eigenvalue weighted by atomic mass is 10.1. The molecule has 92 valence electrons. The van der Waals surface area contributed by atoms with Crippen LogP contribution in [0.5, 0.6) is 5.75 Å². The van der Waals surface area contributed by atoms with Gasteiger partial charge in [0.2, 0.25) is 0 Å². The molecule has 1 aromatic heterocycles. The minimum absolute atomic E-state index is 0.358. The van der Waals surface area contributed by atoms with Crippen molar-refractivity contribution in [3.63, 3.8) is 0 Å². The number of aromatic nitrogens is 1. The maximum absolute atomic E-state index is 9.80. The molecule has 2 rings (SSSR count). The molecule has 0 amide bonds. The Morgan fingerprint density at radius 1 is 1.24 bits per heavy atom. The summed E-state index contributed by atoms with van der Waals surface area (Å²) in [4.78, 5) is 0. The number of aliphatic hydroxyl groups excluding tert-OH is 1. The van der Waals surface area contributed by atoms with E-state index in [-0.39, 0.29) is 0 Å². The molecule has 0 bridgehead atoms. The zero-order valence-electron chi connectivity index (χ0n) is 10.8. The fraction of sp³-hybridized carbons (Fsp3) is 0.429. The molecule has 0 fully saturated rings. The maximum Gasteiger partial charge on any atom is 0.120 e. The second-order valence-corrected chi connectivity index (χ2v) is 4.64. The minimum Gasteiger partial charge on any atom is -0.497 e. The number of methoxy groups -OCH3 is 1. The molecular formula is C14H19NO2. The molecule has 0 spiro atoms. The van der Waals surface area contributed by atoms with Crippen molar-refractivity contribution in [2.45, 2.75) is 32.9 Å². The Kier molecular flexibility index (Phi) is 3.11. The molecule has 1 unspecified atom stereocenters. The molecule has 0 radical (unpaired) electrons. The van der Waals surface area contributed by atoms with Crippen molar-refractivity contribution in [2.75, 3.05) is 7.11 Å². The van der Waals surface area contributed by atoms with E-state index < -0.39 is 6.10 Å². The molecule has 0 saturated carbocycles. The van der Waals surface area contributed by atoms with Crippen LogP contribution < -0.4 is 4.74 Å². The Labute approximate surface area is 102 Å². The monoisotopic (exact) mass is 233 g/mol. The maximum atomic E-state index is 9.80. The van der Waals surface area contributed by atoms with Gasteiger partial charge in [0.05, 0.1) is 18.7 Å². The molecule has 1 N–H and O–H groups in total. The van der Waals surface area contributed by atoms with Gasteiger partial charge in [0.25, 0.3) is 0 Å².